The van der Waals surface area contributed by atoms with Crippen molar-refractivity contribution < 1.29 is 14.7 Å². The van der Waals surface area contributed by atoms with Gasteiger partial charge in [0.05, 0.1) is 5.92 Å². The first-order valence-corrected chi connectivity index (χ1v) is 6.73. The van der Waals surface area contributed by atoms with Crippen LogP contribution in [0.4, 0.5) is 5.69 Å². The summed E-state index contributed by atoms with van der Waals surface area (Å²) in [5.41, 5.74) is 2.74. The summed E-state index contributed by atoms with van der Waals surface area (Å²) in [6.45, 7) is 3.86. The molecule has 0 heterocycles. The minimum Gasteiger partial charge on any atom is -0.550 e. The number of hydrogen-bond donors (Lipinski definition) is 1. The SMILES string of the molecule is Cc1ccc(C)c(NC(=O)[C@@H]2CC=CC[C@@H]2C(=O)[O-])c1. The molecule has 0 unspecified atom stereocenters. The zero-order valence-electron chi connectivity index (χ0n) is 11.7. The summed E-state index contributed by atoms with van der Waals surface area (Å²) in [6, 6.07) is 5.79. The van der Waals surface area contributed by atoms with Crippen LogP contribution < -0.4 is 10.4 Å². The van der Waals surface area contributed by atoms with Crippen molar-refractivity contribution in [2.45, 2.75) is 26.7 Å². The topological polar surface area (TPSA) is 69.2 Å². The number of anilines is 1. The van der Waals surface area contributed by atoms with Gasteiger partial charge in [-0.3, -0.25) is 4.79 Å². The molecule has 0 saturated heterocycles. The lowest BCUT2D eigenvalue weighted by Gasteiger charge is -2.28. The molecule has 0 radical (unpaired) electrons. The number of carboxylic acid groups (broad SMARTS) is 1. The van der Waals surface area contributed by atoms with E-state index in [4.69, 9.17) is 0 Å². The number of benzene rings is 1. The number of aryl methyl sites for hydroxylation is 2. The number of amides is 1. The highest BCUT2D eigenvalue weighted by Gasteiger charge is 2.29. The minimum atomic E-state index is -1.16. The standard InChI is InChI=1S/C16H19NO3/c1-10-7-8-11(2)14(9-10)17-15(18)12-5-3-4-6-13(12)16(19)20/h3-4,7-9,12-13H,5-6H2,1-2H3,(H,17,18)(H,19,20)/p-1/t12-,13+/m1/s1. The van der Waals surface area contributed by atoms with Gasteiger partial charge in [0.15, 0.2) is 0 Å². The molecule has 0 spiro atoms. The smallest absolute Gasteiger partial charge is 0.228 e. The first-order valence-electron chi connectivity index (χ1n) is 6.73. The van der Waals surface area contributed by atoms with Crippen molar-refractivity contribution in [1.82, 2.24) is 0 Å². The van der Waals surface area contributed by atoms with Crippen LogP contribution in [-0.2, 0) is 9.59 Å². The lowest BCUT2D eigenvalue weighted by Crippen LogP contribution is -2.41. The maximum Gasteiger partial charge on any atom is 0.228 e. The van der Waals surface area contributed by atoms with Crippen molar-refractivity contribution in [2.24, 2.45) is 11.8 Å². The average Bonchev–Trinajstić information content (AvgIpc) is 2.42. The molecular weight excluding hydrogens is 254 g/mol. The van der Waals surface area contributed by atoms with E-state index < -0.39 is 17.8 Å². The Morgan fingerprint density at radius 1 is 1.15 bits per heavy atom. The van der Waals surface area contributed by atoms with Crippen molar-refractivity contribution in [3.05, 3.63) is 41.5 Å². The lowest BCUT2D eigenvalue weighted by atomic mass is 9.82. The van der Waals surface area contributed by atoms with Crippen molar-refractivity contribution >= 4 is 17.6 Å². The predicted octanol–water partition coefficient (Wildman–Crippen LogP) is 1.57. The highest BCUT2D eigenvalue weighted by atomic mass is 16.4. The summed E-state index contributed by atoms with van der Waals surface area (Å²) in [5, 5.41) is 14.0. The van der Waals surface area contributed by atoms with E-state index in [1.807, 2.05) is 38.1 Å². The van der Waals surface area contributed by atoms with Gasteiger partial charge >= 0.3 is 0 Å². The predicted molar refractivity (Wildman–Crippen MR) is 74.9 cm³/mol. The molecule has 1 N–H and O–H groups in total. The molecule has 0 aromatic heterocycles. The van der Waals surface area contributed by atoms with Crippen LogP contribution in [0.25, 0.3) is 0 Å². The van der Waals surface area contributed by atoms with Gasteiger partial charge in [-0.15, -0.1) is 0 Å². The monoisotopic (exact) mass is 272 g/mol. The Hall–Kier alpha value is -2.10. The highest BCUT2D eigenvalue weighted by molar-refractivity contribution is 5.95. The maximum absolute atomic E-state index is 12.3. The Bertz CT molecular complexity index is 563. The third-order valence-corrected chi connectivity index (χ3v) is 3.72. The van der Waals surface area contributed by atoms with E-state index in [0.717, 1.165) is 16.8 Å². The molecule has 1 aromatic rings. The molecule has 0 bridgehead atoms. The van der Waals surface area contributed by atoms with Crippen molar-refractivity contribution in [2.75, 3.05) is 5.32 Å². The number of carbonyl (C=O) groups excluding carboxylic acids is 2. The normalized spacial score (nSPS) is 21.5. The first kappa shape index (κ1) is 14.3. The van der Waals surface area contributed by atoms with Crippen LogP contribution >= 0.6 is 0 Å². The molecule has 2 atom stereocenters. The third kappa shape index (κ3) is 3.07. The summed E-state index contributed by atoms with van der Waals surface area (Å²) < 4.78 is 0. The van der Waals surface area contributed by atoms with E-state index >= 15 is 0 Å². The number of hydrogen-bond acceptors (Lipinski definition) is 3. The summed E-state index contributed by atoms with van der Waals surface area (Å²) in [6.07, 6.45) is 4.44. The van der Waals surface area contributed by atoms with Gasteiger partial charge in [-0.25, -0.2) is 0 Å². The van der Waals surface area contributed by atoms with Crippen LogP contribution in [0.5, 0.6) is 0 Å². The Morgan fingerprint density at radius 3 is 2.45 bits per heavy atom. The molecule has 4 nitrogen and oxygen atoms in total. The third-order valence-electron chi connectivity index (χ3n) is 3.72. The Labute approximate surface area is 118 Å². The number of aliphatic carboxylic acids is 1. The molecule has 20 heavy (non-hydrogen) atoms. The summed E-state index contributed by atoms with van der Waals surface area (Å²) in [5.74, 6) is -2.72. The number of rotatable bonds is 3. The van der Waals surface area contributed by atoms with Crippen LogP contribution in [-0.4, -0.2) is 11.9 Å². The van der Waals surface area contributed by atoms with Gasteiger partial charge in [-0.05, 0) is 43.9 Å². The van der Waals surface area contributed by atoms with Crippen LogP contribution in [0.1, 0.15) is 24.0 Å². The Morgan fingerprint density at radius 2 is 1.80 bits per heavy atom. The number of carbonyl (C=O) groups is 2. The zero-order chi connectivity index (χ0) is 14.7. The van der Waals surface area contributed by atoms with Gasteiger partial charge in [0.25, 0.3) is 0 Å². The van der Waals surface area contributed by atoms with Gasteiger partial charge < -0.3 is 15.2 Å². The van der Waals surface area contributed by atoms with E-state index in [-0.39, 0.29) is 5.91 Å². The molecule has 0 saturated carbocycles. The van der Waals surface area contributed by atoms with Gasteiger partial charge in [-0.2, -0.15) is 0 Å². The van der Waals surface area contributed by atoms with Gasteiger partial charge in [0, 0.05) is 17.6 Å². The van der Waals surface area contributed by atoms with E-state index in [0.29, 0.717) is 12.8 Å². The van der Waals surface area contributed by atoms with Crippen molar-refractivity contribution in [3.8, 4) is 0 Å². The second kappa shape index (κ2) is 5.90. The second-order valence-corrected chi connectivity index (χ2v) is 5.28. The zero-order valence-corrected chi connectivity index (χ0v) is 11.7. The molecular formula is C16H18NO3-. The van der Waals surface area contributed by atoms with Crippen LogP contribution in [0.2, 0.25) is 0 Å². The molecule has 4 heteroatoms. The largest absolute Gasteiger partial charge is 0.550 e. The second-order valence-electron chi connectivity index (χ2n) is 5.28. The molecule has 0 aliphatic heterocycles. The van der Waals surface area contributed by atoms with Crippen LogP contribution in [0, 0.1) is 25.7 Å². The first-order chi connectivity index (χ1) is 9.49. The van der Waals surface area contributed by atoms with E-state index in [1.165, 1.54) is 0 Å². The van der Waals surface area contributed by atoms with Crippen LogP contribution in [0.3, 0.4) is 0 Å². The summed E-state index contributed by atoms with van der Waals surface area (Å²) >= 11 is 0. The quantitative estimate of drug-likeness (QED) is 0.849. The Kier molecular flexibility index (Phi) is 4.23. The van der Waals surface area contributed by atoms with Gasteiger partial charge in [-0.1, -0.05) is 24.3 Å². The van der Waals surface area contributed by atoms with E-state index in [9.17, 15) is 14.7 Å². The minimum absolute atomic E-state index is 0.253. The molecule has 2 rings (SSSR count). The molecule has 106 valence electrons. The van der Waals surface area contributed by atoms with Gasteiger partial charge in [0.1, 0.15) is 0 Å². The Balaban J connectivity index is 2.16. The van der Waals surface area contributed by atoms with Gasteiger partial charge in [0.2, 0.25) is 5.91 Å². The van der Waals surface area contributed by atoms with E-state index in [2.05, 4.69) is 5.32 Å². The van der Waals surface area contributed by atoms with Crippen LogP contribution in [0.15, 0.2) is 30.4 Å². The summed E-state index contributed by atoms with van der Waals surface area (Å²) in [7, 11) is 0. The highest BCUT2D eigenvalue weighted by Crippen LogP contribution is 2.27. The number of allylic oxidation sites excluding steroid dienone is 2. The molecule has 1 aliphatic rings. The fourth-order valence-corrected chi connectivity index (χ4v) is 2.46. The van der Waals surface area contributed by atoms with Crippen molar-refractivity contribution in [1.29, 1.82) is 0 Å². The van der Waals surface area contributed by atoms with Crippen molar-refractivity contribution in [3.63, 3.8) is 0 Å². The average molecular weight is 272 g/mol. The molecule has 1 aromatic carbocycles. The molecule has 0 fully saturated rings. The number of carboxylic acids is 1. The maximum atomic E-state index is 12.3. The fourth-order valence-electron chi connectivity index (χ4n) is 2.46. The molecule has 1 amide bonds. The fraction of sp³-hybridized carbons (Fsp3) is 0.375. The number of nitrogens with one attached hydrogen (secondary N) is 1. The lowest BCUT2D eigenvalue weighted by molar-refractivity contribution is -0.313. The summed E-state index contributed by atoms with van der Waals surface area (Å²) in [4.78, 5) is 23.4. The van der Waals surface area contributed by atoms with E-state index in [1.54, 1.807) is 6.08 Å². The molecule has 1 aliphatic carbocycles.